The summed E-state index contributed by atoms with van der Waals surface area (Å²) in [6.45, 7) is 5.79. The minimum atomic E-state index is -0.0426. The maximum atomic E-state index is 5.48. The number of rotatable bonds is 5. The number of anilines is 3. The molecule has 0 saturated heterocycles. The van der Waals surface area contributed by atoms with Crippen LogP contribution in [0.4, 0.5) is 17.6 Å². The van der Waals surface area contributed by atoms with Crippen LogP contribution < -0.4 is 21.3 Å². The molecule has 112 valence electrons. The van der Waals surface area contributed by atoms with Gasteiger partial charge in [-0.15, -0.1) is 0 Å². The number of nitrogens with zero attached hydrogens (tertiary/aromatic N) is 3. The Hall–Kier alpha value is -1.93. The second-order valence-corrected chi connectivity index (χ2v) is 5.63. The van der Waals surface area contributed by atoms with E-state index >= 15 is 0 Å². The van der Waals surface area contributed by atoms with Gasteiger partial charge in [0.1, 0.15) is 0 Å². The van der Waals surface area contributed by atoms with E-state index in [1.54, 1.807) is 0 Å². The molecule has 1 aromatic carbocycles. The first-order valence-corrected chi connectivity index (χ1v) is 7.19. The smallest absolute Gasteiger partial charge is 0.323 e. The van der Waals surface area contributed by atoms with Gasteiger partial charge >= 0.3 is 6.01 Å². The third-order valence-corrected chi connectivity index (χ3v) is 2.84. The maximum absolute atomic E-state index is 5.48. The van der Waals surface area contributed by atoms with E-state index in [2.05, 4.69) is 41.6 Å². The van der Waals surface area contributed by atoms with E-state index in [9.17, 15) is 0 Å². The predicted octanol–water partition coefficient (Wildman–Crippen LogP) is 2.76. The summed E-state index contributed by atoms with van der Waals surface area (Å²) in [4.78, 5) is 12.4. The molecule has 1 heterocycles. The van der Waals surface area contributed by atoms with Crippen LogP contribution in [0, 0.1) is 6.92 Å². The van der Waals surface area contributed by atoms with Crippen LogP contribution in [0.15, 0.2) is 22.7 Å². The molecule has 0 aliphatic rings. The van der Waals surface area contributed by atoms with E-state index in [-0.39, 0.29) is 18.1 Å². The highest BCUT2D eigenvalue weighted by atomic mass is 79.9. The summed E-state index contributed by atoms with van der Waals surface area (Å²) in [5, 5.41) is 3.11. The van der Waals surface area contributed by atoms with E-state index in [1.165, 1.54) is 0 Å². The molecule has 4 N–H and O–H groups in total. The number of nitrogens with two attached hydrogens (primary N) is 1. The molecule has 0 bridgehead atoms. The highest BCUT2D eigenvalue weighted by Crippen LogP contribution is 2.22. The third kappa shape index (κ3) is 4.54. The number of hydrogen-bond donors (Lipinski definition) is 3. The molecule has 1 aromatic heterocycles. The van der Waals surface area contributed by atoms with Crippen molar-refractivity contribution in [3.05, 3.63) is 28.2 Å². The minimum Gasteiger partial charge on any atom is -0.461 e. The van der Waals surface area contributed by atoms with E-state index in [0.29, 0.717) is 5.95 Å². The maximum Gasteiger partial charge on any atom is 0.323 e. The highest BCUT2D eigenvalue weighted by molar-refractivity contribution is 9.10. The molecular formula is C13H17BrN6O. The summed E-state index contributed by atoms with van der Waals surface area (Å²) in [6, 6.07) is 6.13. The number of hydrazine groups is 1. The molecule has 0 spiro atoms. The fraction of sp³-hybridized carbons (Fsp3) is 0.308. The summed E-state index contributed by atoms with van der Waals surface area (Å²) in [5.41, 5.74) is 4.36. The first kappa shape index (κ1) is 15.5. The Bertz CT molecular complexity index is 614. The van der Waals surface area contributed by atoms with Crippen LogP contribution in [0.5, 0.6) is 6.01 Å². The molecular weight excluding hydrogens is 336 g/mol. The molecule has 0 fully saturated rings. The van der Waals surface area contributed by atoms with Gasteiger partial charge in [-0.2, -0.15) is 15.0 Å². The highest BCUT2D eigenvalue weighted by Gasteiger charge is 2.09. The van der Waals surface area contributed by atoms with E-state index in [4.69, 9.17) is 10.6 Å². The van der Waals surface area contributed by atoms with Gasteiger partial charge in [0.25, 0.3) is 0 Å². The second-order valence-electron chi connectivity index (χ2n) is 4.72. The SMILES string of the molecule is Cc1cc(Br)cc(Nc2nc(NN)nc(OC(C)C)n2)c1. The van der Waals surface area contributed by atoms with Crippen molar-refractivity contribution in [2.75, 3.05) is 10.7 Å². The van der Waals surface area contributed by atoms with Gasteiger partial charge in [0.05, 0.1) is 6.10 Å². The van der Waals surface area contributed by atoms with Crippen molar-refractivity contribution in [1.82, 2.24) is 15.0 Å². The first-order chi connectivity index (χ1) is 9.96. The van der Waals surface area contributed by atoms with Crippen molar-refractivity contribution in [3.8, 4) is 6.01 Å². The van der Waals surface area contributed by atoms with Gasteiger partial charge in [-0.05, 0) is 44.5 Å². The van der Waals surface area contributed by atoms with Crippen molar-refractivity contribution in [3.63, 3.8) is 0 Å². The lowest BCUT2D eigenvalue weighted by atomic mass is 10.2. The van der Waals surface area contributed by atoms with E-state index in [0.717, 1.165) is 15.7 Å². The molecule has 2 rings (SSSR count). The number of halogens is 1. The second kappa shape index (κ2) is 6.68. The zero-order valence-corrected chi connectivity index (χ0v) is 13.6. The number of nitrogen functional groups attached to an aromatic ring is 1. The van der Waals surface area contributed by atoms with Gasteiger partial charge in [0, 0.05) is 10.2 Å². The largest absolute Gasteiger partial charge is 0.461 e. The number of ether oxygens (including phenoxy) is 1. The quantitative estimate of drug-likeness (QED) is 0.562. The van der Waals surface area contributed by atoms with Gasteiger partial charge in [0.2, 0.25) is 11.9 Å². The zero-order chi connectivity index (χ0) is 15.4. The molecule has 0 aliphatic heterocycles. The molecule has 0 radical (unpaired) electrons. The molecule has 2 aromatic rings. The fourth-order valence-corrected chi connectivity index (χ4v) is 2.29. The minimum absolute atomic E-state index is 0.0426. The summed E-state index contributed by atoms with van der Waals surface area (Å²) in [7, 11) is 0. The van der Waals surface area contributed by atoms with Crippen LogP contribution in [-0.4, -0.2) is 21.1 Å². The fourth-order valence-electron chi connectivity index (χ4n) is 1.68. The average Bonchev–Trinajstić information content (AvgIpc) is 2.36. The topological polar surface area (TPSA) is 98.0 Å². The molecule has 0 aliphatic carbocycles. The van der Waals surface area contributed by atoms with Gasteiger partial charge in [-0.25, -0.2) is 5.84 Å². The Morgan fingerprint density at radius 3 is 2.48 bits per heavy atom. The van der Waals surface area contributed by atoms with Crippen LogP contribution >= 0.6 is 15.9 Å². The Morgan fingerprint density at radius 2 is 1.86 bits per heavy atom. The van der Waals surface area contributed by atoms with Crippen molar-refractivity contribution >= 4 is 33.5 Å². The van der Waals surface area contributed by atoms with Crippen molar-refractivity contribution in [1.29, 1.82) is 0 Å². The first-order valence-electron chi connectivity index (χ1n) is 6.40. The Morgan fingerprint density at radius 1 is 1.14 bits per heavy atom. The molecule has 0 atom stereocenters. The summed E-state index contributed by atoms with van der Waals surface area (Å²) >= 11 is 3.45. The van der Waals surface area contributed by atoms with Crippen LogP contribution in [0.3, 0.4) is 0 Å². The number of hydrogen-bond acceptors (Lipinski definition) is 7. The number of aromatic nitrogens is 3. The van der Waals surface area contributed by atoms with E-state index in [1.807, 2.05) is 39.0 Å². The molecule has 0 amide bonds. The van der Waals surface area contributed by atoms with Crippen molar-refractivity contribution in [2.24, 2.45) is 5.84 Å². The monoisotopic (exact) mass is 352 g/mol. The van der Waals surface area contributed by atoms with Crippen LogP contribution in [-0.2, 0) is 0 Å². The number of aryl methyl sites for hydroxylation is 1. The third-order valence-electron chi connectivity index (χ3n) is 2.38. The van der Waals surface area contributed by atoms with Gasteiger partial charge in [0.15, 0.2) is 0 Å². The van der Waals surface area contributed by atoms with Crippen LogP contribution in [0.1, 0.15) is 19.4 Å². The lowest BCUT2D eigenvalue weighted by Gasteiger charge is -2.11. The summed E-state index contributed by atoms with van der Waals surface area (Å²) < 4.78 is 6.44. The molecule has 8 heteroatoms. The Labute approximate surface area is 131 Å². The molecule has 0 saturated carbocycles. The Kier molecular flexibility index (Phi) is 4.92. The number of nitrogens with one attached hydrogen (secondary N) is 2. The van der Waals surface area contributed by atoms with Gasteiger partial charge in [-0.3, -0.25) is 5.43 Å². The lowest BCUT2D eigenvalue weighted by Crippen LogP contribution is -2.15. The molecule has 7 nitrogen and oxygen atoms in total. The molecule has 21 heavy (non-hydrogen) atoms. The molecule has 0 unspecified atom stereocenters. The lowest BCUT2D eigenvalue weighted by molar-refractivity contribution is 0.222. The predicted molar refractivity (Wildman–Crippen MR) is 85.6 cm³/mol. The zero-order valence-electron chi connectivity index (χ0n) is 12.0. The van der Waals surface area contributed by atoms with Gasteiger partial charge in [-0.1, -0.05) is 15.9 Å². The van der Waals surface area contributed by atoms with Crippen LogP contribution in [0.25, 0.3) is 0 Å². The van der Waals surface area contributed by atoms with Crippen molar-refractivity contribution in [2.45, 2.75) is 26.9 Å². The summed E-state index contributed by atoms with van der Waals surface area (Å²) in [5.74, 6) is 5.95. The normalized spacial score (nSPS) is 10.6. The number of benzene rings is 1. The summed E-state index contributed by atoms with van der Waals surface area (Å²) in [6.07, 6.45) is -0.0426. The van der Waals surface area contributed by atoms with Crippen molar-refractivity contribution < 1.29 is 4.74 Å². The Balaban J connectivity index is 2.29. The average molecular weight is 353 g/mol. The standard InChI is InChI=1S/C13H17BrN6O/c1-7(2)21-13-18-11(17-12(19-13)20-15)16-10-5-8(3)4-9(14)6-10/h4-7H,15H2,1-3H3,(H2,16,17,18,19,20). The van der Waals surface area contributed by atoms with E-state index < -0.39 is 0 Å². The van der Waals surface area contributed by atoms with Gasteiger partial charge < -0.3 is 10.1 Å². The van der Waals surface area contributed by atoms with Crippen LogP contribution in [0.2, 0.25) is 0 Å².